The Hall–Kier alpha value is -1.55. The maximum absolute atomic E-state index is 11.8. The zero-order valence-corrected chi connectivity index (χ0v) is 25.4. The molecule has 4 atom stereocenters. The zero-order valence-electron chi connectivity index (χ0n) is 24.4. The minimum Gasteiger partial charge on any atom is -0.542 e. The van der Waals surface area contributed by atoms with Gasteiger partial charge >= 0.3 is 5.97 Å². The van der Waals surface area contributed by atoms with Crippen LogP contribution in [0.4, 0.5) is 0 Å². The highest BCUT2D eigenvalue weighted by atomic mass is 28.4. The van der Waals surface area contributed by atoms with Gasteiger partial charge in [0.15, 0.2) is 0 Å². The number of hydrogen-bond donors (Lipinski definition) is 0. The first-order chi connectivity index (χ1) is 17.0. The number of ether oxygens (including phenoxy) is 1. The molecule has 0 heterocycles. The van der Waals surface area contributed by atoms with Gasteiger partial charge in [-0.15, -0.1) is 0 Å². The van der Waals surface area contributed by atoms with Gasteiger partial charge in [0.25, 0.3) is 8.32 Å². The molecule has 1 saturated carbocycles. The number of aryl methyl sites for hydroxylation is 1. The minimum atomic E-state index is -2.12. The van der Waals surface area contributed by atoms with Crippen molar-refractivity contribution in [2.24, 2.45) is 17.3 Å². The van der Waals surface area contributed by atoms with Gasteiger partial charge in [-0.05, 0) is 102 Å². The number of esters is 1. The molecule has 4 heteroatoms. The number of benzene rings is 1. The summed E-state index contributed by atoms with van der Waals surface area (Å²) in [6.07, 6.45) is 9.99. The van der Waals surface area contributed by atoms with Crippen molar-refractivity contribution in [3.05, 3.63) is 40.5 Å². The van der Waals surface area contributed by atoms with E-state index in [-0.39, 0.29) is 5.97 Å². The van der Waals surface area contributed by atoms with Crippen LogP contribution in [0.1, 0.15) is 117 Å². The first-order valence-corrected chi connectivity index (χ1v) is 16.8. The van der Waals surface area contributed by atoms with Gasteiger partial charge in [0.2, 0.25) is 0 Å². The van der Waals surface area contributed by atoms with Crippen molar-refractivity contribution < 1.29 is 14.0 Å². The van der Waals surface area contributed by atoms with E-state index in [0.29, 0.717) is 34.6 Å². The molecule has 0 bridgehead atoms. The van der Waals surface area contributed by atoms with Crippen molar-refractivity contribution in [3.8, 4) is 5.75 Å². The highest BCUT2D eigenvalue weighted by Gasteiger charge is 2.52. The van der Waals surface area contributed by atoms with E-state index in [1.165, 1.54) is 50.2 Å². The Morgan fingerprint density at radius 3 is 2.33 bits per heavy atom. The second-order valence-electron chi connectivity index (χ2n) is 13.0. The zero-order chi connectivity index (χ0) is 26.4. The topological polar surface area (TPSA) is 35.5 Å². The van der Waals surface area contributed by atoms with E-state index in [2.05, 4.69) is 73.6 Å². The van der Waals surface area contributed by atoms with Crippen LogP contribution < -0.4 is 4.43 Å². The van der Waals surface area contributed by atoms with Gasteiger partial charge < -0.3 is 9.16 Å². The average Bonchev–Trinajstić information content (AvgIpc) is 3.16. The second-order valence-corrected chi connectivity index (χ2v) is 18.4. The van der Waals surface area contributed by atoms with Crippen molar-refractivity contribution in [3.63, 3.8) is 0 Å². The molecule has 0 unspecified atom stereocenters. The van der Waals surface area contributed by atoms with Gasteiger partial charge in [0.1, 0.15) is 12.4 Å². The van der Waals surface area contributed by atoms with E-state index in [1.807, 2.05) is 0 Å². The van der Waals surface area contributed by atoms with Gasteiger partial charge in [-0.1, -0.05) is 67.0 Å². The average molecular weight is 511 g/mol. The van der Waals surface area contributed by atoms with E-state index in [1.54, 1.807) is 5.57 Å². The van der Waals surface area contributed by atoms with Gasteiger partial charge in [0.05, 0.1) is 0 Å². The summed E-state index contributed by atoms with van der Waals surface area (Å²) in [4.78, 5) is 11.8. The monoisotopic (exact) mass is 510 g/mol. The lowest BCUT2D eigenvalue weighted by molar-refractivity contribution is -0.142. The van der Waals surface area contributed by atoms with Crippen LogP contribution in [-0.2, 0) is 22.6 Å². The third-order valence-electron chi connectivity index (χ3n) is 10.5. The summed E-state index contributed by atoms with van der Waals surface area (Å²) in [6, 6.07) is 4.74. The third kappa shape index (κ3) is 4.50. The fourth-order valence-electron chi connectivity index (χ4n) is 8.78. The molecule has 1 aromatic rings. The Bertz CT molecular complexity index is 985. The molecule has 4 rings (SSSR count). The van der Waals surface area contributed by atoms with Crippen LogP contribution in [0.25, 0.3) is 0 Å². The first-order valence-electron chi connectivity index (χ1n) is 14.6. The highest BCUT2D eigenvalue weighted by molar-refractivity contribution is 6.78. The van der Waals surface area contributed by atoms with Crippen LogP contribution >= 0.6 is 0 Å². The van der Waals surface area contributed by atoms with Crippen LogP contribution in [-0.4, -0.2) is 14.3 Å². The van der Waals surface area contributed by atoms with Crippen molar-refractivity contribution in [1.82, 2.24) is 0 Å². The lowest BCUT2D eigenvalue weighted by Gasteiger charge is -2.50. The molecule has 0 saturated heterocycles. The number of allylic oxidation sites excluding steroid dienone is 2. The van der Waals surface area contributed by atoms with Crippen LogP contribution in [0.5, 0.6) is 5.75 Å². The minimum absolute atomic E-state index is 0.228. The van der Waals surface area contributed by atoms with Crippen LogP contribution in [0.2, 0.25) is 16.6 Å². The van der Waals surface area contributed by atoms with Gasteiger partial charge in [-0.3, -0.25) is 4.79 Å². The van der Waals surface area contributed by atoms with Crippen molar-refractivity contribution >= 4 is 14.3 Å². The number of rotatable bonds is 8. The molecule has 0 spiro atoms. The maximum Gasteiger partial charge on any atom is 0.302 e. The lowest BCUT2D eigenvalue weighted by Crippen LogP contribution is -2.51. The quantitative estimate of drug-likeness (QED) is 0.199. The molecule has 3 aliphatic carbocycles. The largest absolute Gasteiger partial charge is 0.542 e. The molecular formula is C32H50O3Si. The molecule has 1 aromatic carbocycles. The van der Waals surface area contributed by atoms with Crippen LogP contribution in [0.15, 0.2) is 23.8 Å². The van der Waals surface area contributed by atoms with E-state index in [4.69, 9.17) is 9.16 Å². The number of fused-ring (bicyclic) bond motifs is 5. The number of carbonyl (C=O) groups is 1. The predicted molar refractivity (Wildman–Crippen MR) is 152 cm³/mol. The van der Waals surface area contributed by atoms with E-state index in [0.717, 1.165) is 29.6 Å². The molecule has 0 aliphatic heterocycles. The van der Waals surface area contributed by atoms with Gasteiger partial charge in [-0.2, -0.15) is 0 Å². The van der Waals surface area contributed by atoms with Crippen molar-refractivity contribution in [2.75, 3.05) is 0 Å². The number of carbonyl (C=O) groups excluding carboxylic acids is 1. The molecular weight excluding hydrogens is 460 g/mol. The smallest absolute Gasteiger partial charge is 0.302 e. The lowest BCUT2D eigenvalue weighted by atomic mass is 9.54. The van der Waals surface area contributed by atoms with E-state index in [9.17, 15) is 4.79 Å². The molecule has 0 amide bonds. The van der Waals surface area contributed by atoms with Crippen LogP contribution in [0.3, 0.4) is 0 Å². The first kappa shape index (κ1) is 27.5. The molecule has 3 aliphatic rings. The third-order valence-corrected chi connectivity index (χ3v) is 16.4. The molecule has 1 fully saturated rings. The Labute approximate surface area is 221 Å². The molecule has 0 N–H and O–H groups in total. The Morgan fingerprint density at radius 1 is 1.08 bits per heavy atom. The highest BCUT2D eigenvalue weighted by Crippen LogP contribution is 2.62. The summed E-state index contributed by atoms with van der Waals surface area (Å²) in [5.41, 5.74) is 7.65. The second kappa shape index (κ2) is 10.3. The molecule has 36 heavy (non-hydrogen) atoms. The van der Waals surface area contributed by atoms with Gasteiger partial charge in [-0.25, -0.2) is 0 Å². The maximum atomic E-state index is 11.8. The fraction of sp³-hybridized carbons (Fsp3) is 0.719. The van der Waals surface area contributed by atoms with Crippen molar-refractivity contribution in [1.29, 1.82) is 0 Å². The van der Waals surface area contributed by atoms with Gasteiger partial charge in [0, 0.05) is 12.5 Å². The Balaban J connectivity index is 1.73. The Kier molecular flexibility index (Phi) is 7.87. The molecule has 0 radical (unpaired) electrons. The summed E-state index contributed by atoms with van der Waals surface area (Å²) in [7, 11) is -2.12. The molecule has 0 aromatic heterocycles. The molecule has 200 valence electrons. The fourth-order valence-corrected chi connectivity index (χ4v) is 14.1. The normalized spacial score (nSPS) is 27.6. The van der Waals surface area contributed by atoms with E-state index < -0.39 is 8.32 Å². The SMILES string of the molecule is CCC1=CC[C@H]2[C@@H]3CCc4cc(O[Si](C(C)C)(C(C)C)C(C)C)c(COC(C)=O)cc4[C@H]3CC[C@]12C. The summed E-state index contributed by atoms with van der Waals surface area (Å²) in [5, 5.41) is 0. The summed E-state index contributed by atoms with van der Waals surface area (Å²) in [6.45, 7) is 20.7. The molecule has 3 nitrogen and oxygen atoms in total. The summed E-state index contributed by atoms with van der Waals surface area (Å²) in [5.74, 6) is 2.89. The summed E-state index contributed by atoms with van der Waals surface area (Å²) >= 11 is 0. The van der Waals surface area contributed by atoms with E-state index >= 15 is 0 Å². The summed E-state index contributed by atoms with van der Waals surface area (Å²) < 4.78 is 12.8. The predicted octanol–water partition coefficient (Wildman–Crippen LogP) is 9.11. The number of hydrogen-bond acceptors (Lipinski definition) is 3. The Morgan fingerprint density at radius 2 is 1.75 bits per heavy atom. The van der Waals surface area contributed by atoms with Crippen LogP contribution in [0, 0.1) is 17.3 Å². The standard InChI is InChI=1S/C32H50O3Si/c1-10-26-12-14-30-28-13-11-24-18-31(35-36(20(2)3,21(4)5)22(6)7)25(19-34-23(8)33)17-29(24)27(28)15-16-32(26,30)9/h12,17-18,20-22,27-28,30H,10-11,13-16,19H2,1-9H3/t27-,28+,30-,32+/m0/s1. The van der Waals surface area contributed by atoms with Crippen molar-refractivity contribution in [2.45, 2.75) is 130 Å².